The Hall–Kier alpha value is -1.99. The summed E-state index contributed by atoms with van der Waals surface area (Å²) in [7, 11) is -2.74. The molecule has 0 aromatic heterocycles. The number of ether oxygens (including phenoxy) is 1. The summed E-state index contributed by atoms with van der Waals surface area (Å²) >= 11 is 0. The molecule has 0 aliphatic heterocycles. The maximum atomic E-state index is 12.9. The molecule has 3 rings (SSSR count). The van der Waals surface area contributed by atoms with Gasteiger partial charge in [0, 0.05) is 25.9 Å². The fraction of sp³-hybridized carbons (Fsp3) is 0.333. The predicted octanol–water partition coefficient (Wildman–Crippen LogP) is 3.12. The van der Waals surface area contributed by atoms with E-state index in [1.165, 1.54) is 12.1 Å². The number of halogens is 2. The molecule has 2 aromatic carbocycles. The van der Waals surface area contributed by atoms with Gasteiger partial charge in [-0.15, -0.1) is 0 Å². The number of thiol groups is 1. The van der Waals surface area contributed by atoms with E-state index < -0.39 is 22.7 Å². The number of alkyl halides is 2. The number of hydrogen-bond acceptors (Lipinski definition) is 4. The van der Waals surface area contributed by atoms with Gasteiger partial charge in [0.15, 0.2) is 10.7 Å². The Morgan fingerprint density at radius 2 is 1.80 bits per heavy atom. The second kappa shape index (κ2) is 7.49. The Balaban J connectivity index is 1.66. The van der Waals surface area contributed by atoms with E-state index in [0.29, 0.717) is 24.4 Å². The highest BCUT2D eigenvalue weighted by molar-refractivity contribution is 7.72. The quantitative estimate of drug-likeness (QED) is 0.739. The van der Waals surface area contributed by atoms with Crippen LogP contribution in [0.1, 0.15) is 24.0 Å². The first-order chi connectivity index (χ1) is 11.9. The van der Waals surface area contributed by atoms with Gasteiger partial charge in [0.1, 0.15) is 11.9 Å². The van der Waals surface area contributed by atoms with E-state index in [1.54, 1.807) is 6.07 Å². The molecule has 134 valence electrons. The molecular formula is C18H19F2NO3S. The average Bonchev–Trinajstić information content (AvgIpc) is 2.54. The van der Waals surface area contributed by atoms with Crippen LogP contribution in [0.2, 0.25) is 0 Å². The number of rotatable bonds is 7. The minimum absolute atomic E-state index is 0.210. The van der Waals surface area contributed by atoms with Gasteiger partial charge in [-0.25, -0.2) is 17.2 Å². The molecule has 0 bridgehead atoms. The van der Waals surface area contributed by atoms with Crippen LogP contribution < -0.4 is 10.1 Å². The molecule has 0 radical (unpaired) electrons. The average molecular weight is 367 g/mol. The highest BCUT2D eigenvalue weighted by Crippen LogP contribution is 2.39. The zero-order chi connectivity index (χ0) is 17.9. The SMILES string of the molecule is O=[SH](=O)c1ccc(OC2CC(F)(F)C2)cc1CNCc1ccccc1. The van der Waals surface area contributed by atoms with Gasteiger partial charge in [-0.2, -0.15) is 0 Å². The molecule has 0 heterocycles. The lowest BCUT2D eigenvalue weighted by Crippen LogP contribution is -2.43. The van der Waals surface area contributed by atoms with Crippen LogP contribution in [0.4, 0.5) is 8.78 Å². The van der Waals surface area contributed by atoms with Crippen LogP contribution in [0, 0.1) is 0 Å². The number of benzene rings is 2. The van der Waals surface area contributed by atoms with Crippen molar-refractivity contribution in [2.24, 2.45) is 0 Å². The molecule has 7 heteroatoms. The summed E-state index contributed by atoms with van der Waals surface area (Å²) < 4.78 is 54.1. The summed E-state index contributed by atoms with van der Waals surface area (Å²) in [6, 6.07) is 14.3. The van der Waals surface area contributed by atoms with Gasteiger partial charge in [0.2, 0.25) is 0 Å². The van der Waals surface area contributed by atoms with E-state index in [0.717, 1.165) is 5.56 Å². The molecule has 1 N–H and O–H groups in total. The van der Waals surface area contributed by atoms with Gasteiger partial charge in [-0.3, -0.25) is 0 Å². The summed E-state index contributed by atoms with van der Waals surface area (Å²) in [6.07, 6.45) is -1.12. The topological polar surface area (TPSA) is 55.4 Å². The van der Waals surface area contributed by atoms with Crippen molar-refractivity contribution in [1.82, 2.24) is 5.32 Å². The van der Waals surface area contributed by atoms with Crippen LogP contribution >= 0.6 is 0 Å². The second-order valence-electron chi connectivity index (χ2n) is 6.14. The minimum Gasteiger partial charge on any atom is -0.490 e. The molecule has 0 spiro atoms. The zero-order valence-corrected chi connectivity index (χ0v) is 14.3. The van der Waals surface area contributed by atoms with Crippen molar-refractivity contribution in [3.63, 3.8) is 0 Å². The Morgan fingerprint density at radius 1 is 1.08 bits per heavy atom. The molecule has 2 aromatic rings. The van der Waals surface area contributed by atoms with Crippen LogP contribution in [-0.2, 0) is 23.8 Å². The third-order valence-electron chi connectivity index (χ3n) is 4.09. The van der Waals surface area contributed by atoms with E-state index >= 15 is 0 Å². The predicted molar refractivity (Wildman–Crippen MR) is 90.6 cm³/mol. The first kappa shape index (κ1) is 17.8. The van der Waals surface area contributed by atoms with Crippen LogP contribution in [0.25, 0.3) is 0 Å². The van der Waals surface area contributed by atoms with Crippen LogP contribution in [0.5, 0.6) is 5.75 Å². The number of hydrogen-bond donors (Lipinski definition) is 2. The highest BCUT2D eigenvalue weighted by atomic mass is 32.2. The van der Waals surface area contributed by atoms with Gasteiger partial charge >= 0.3 is 0 Å². The van der Waals surface area contributed by atoms with Crippen molar-refractivity contribution in [3.05, 3.63) is 59.7 Å². The van der Waals surface area contributed by atoms with Gasteiger partial charge in [0.05, 0.1) is 4.90 Å². The lowest BCUT2D eigenvalue weighted by molar-refractivity contribution is -0.134. The summed E-state index contributed by atoms with van der Waals surface area (Å²) in [6.45, 7) is 0.932. The van der Waals surface area contributed by atoms with E-state index in [-0.39, 0.29) is 17.7 Å². The molecule has 0 amide bonds. The second-order valence-corrected chi connectivity index (χ2v) is 7.14. The van der Waals surface area contributed by atoms with Crippen molar-refractivity contribution in [2.45, 2.75) is 42.9 Å². The van der Waals surface area contributed by atoms with Crippen molar-refractivity contribution in [2.75, 3.05) is 0 Å². The molecule has 0 saturated heterocycles. The highest BCUT2D eigenvalue weighted by Gasteiger charge is 2.47. The molecule has 0 atom stereocenters. The molecule has 25 heavy (non-hydrogen) atoms. The Bertz CT molecular complexity index is 793. The van der Waals surface area contributed by atoms with Crippen molar-refractivity contribution >= 4 is 10.7 Å². The normalized spacial score (nSPS) is 16.6. The van der Waals surface area contributed by atoms with Crippen LogP contribution in [0.3, 0.4) is 0 Å². The maximum absolute atomic E-state index is 12.9. The Labute approximate surface area is 146 Å². The summed E-state index contributed by atoms with van der Waals surface area (Å²) in [4.78, 5) is 0.210. The zero-order valence-electron chi connectivity index (χ0n) is 13.5. The molecular weight excluding hydrogens is 348 g/mol. The van der Waals surface area contributed by atoms with E-state index in [2.05, 4.69) is 5.32 Å². The van der Waals surface area contributed by atoms with Crippen molar-refractivity contribution in [3.8, 4) is 5.75 Å². The van der Waals surface area contributed by atoms with E-state index in [1.807, 2.05) is 30.3 Å². The summed E-state index contributed by atoms with van der Waals surface area (Å²) in [5.74, 6) is -2.24. The molecule has 1 aliphatic carbocycles. The molecule has 4 nitrogen and oxygen atoms in total. The minimum atomic E-state index is -2.74. The fourth-order valence-electron chi connectivity index (χ4n) is 2.77. The lowest BCUT2D eigenvalue weighted by Gasteiger charge is -2.34. The van der Waals surface area contributed by atoms with Gasteiger partial charge in [0.25, 0.3) is 5.92 Å². The summed E-state index contributed by atoms with van der Waals surface area (Å²) in [5.41, 5.74) is 1.65. The van der Waals surface area contributed by atoms with Gasteiger partial charge < -0.3 is 10.1 Å². The van der Waals surface area contributed by atoms with E-state index in [9.17, 15) is 17.2 Å². The largest absolute Gasteiger partial charge is 0.490 e. The summed E-state index contributed by atoms with van der Waals surface area (Å²) in [5, 5.41) is 3.19. The first-order valence-corrected chi connectivity index (χ1v) is 9.17. The first-order valence-electron chi connectivity index (χ1n) is 7.99. The van der Waals surface area contributed by atoms with Crippen molar-refractivity contribution < 1.29 is 21.9 Å². The Morgan fingerprint density at radius 3 is 2.44 bits per heavy atom. The van der Waals surface area contributed by atoms with Crippen LogP contribution in [0.15, 0.2) is 53.4 Å². The van der Waals surface area contributed by atoms with Gasteiger partial charge in [-0.05, 0) is 29.3 Å². The third-order valence-corrected chi connectivity index (χ3v) is 4.92. The van der Waals surface area contributed by atoms with Crippen LogP contribution in [-0.4, -0.2) is 20.4 Å². The molecule has 1 aliphatic rings. The van der Waals surface area contributed by atoms with Crippen molar-refractivity contribution in [1.29, 1.82) is 0 Å². The lowest BCUT2D eigenvalue weighted by atomic mass is 9.91. The Kier molecular flexibility index (Phi) is 5.34. The van der Waals surface area contributed by atoms with E-state index in [4.69, 9.17) is 4.74 Å². The number of nitrogens with one attached hydrogen (secondary N) is 1. The molecule has 0 unspecified atom stereocenters. The monoisotopic (exact) mass is 367 g/mol. The third kappa shape index (κ3) is 4.76. The maximum Gasteiger partial charge on any atom is 0.255 e. The van der Waals surface area contributed by atoms with Gasteiger partial charge in [-0.1, -0.05) is 30.3 Å². The molecule has 1 fully saturated rings. The standard InChI is InChI=1S/C18H19F2NO3S/c19-18(20)9-16(10-18)24-15-6-7-17(25(22)23)14(8-15)12-21-11-13-4-2-1-3-5-13/h1-8,16,21,25H,9-12H2. The molecule has 1 saturated carbocycles. The smallest absolute Gasteiger partial charge is 0.255 e. The fourth-order valence-corrected chi connectivity index (χ4v) is 3.35.